The van der Waals surface area contributed by atoms with E-state index in [0.717, 1.165) is 11.3 Å². The number of hydrogen-bond acceptors (Lipinski definition) is 6. The van der Waals surface area contributed by atoms with Crippen LogP contribution in [0, 0.1) is 0 Å². The van der Waals surface area contributed by atoms with Crippen LogP contribution in [-0.4, -0.2) is 24.5 Å². The summed E-state index contributed by atoms with van der Waals surface area (Å²) in [5.41, 5.74) is 1.63. The summed E-state index contributed by atoms with van der Waals surface area (Å²) in [5, 5.41) is 8.96. The zero-order chi connectivity index (χ0) is 16.3. The van der Waals surface area contributed by atoms with Crippen LogP contribution in [0.15, 0.2) is 29.8 Å². The molecule has 10 heteroatoms. The third-order valence-corrected chi connectivity index (χ3v) is 6.94. The molecule has 1 aromatic heterocycles. The van der Waals surface area contributed by atoms with Gasteiger partial charge in [0.2, 0.25) is 0 Å². The smallest absolute Gasteiger partial charge is 0.357 e. The van der Waals surface area contributed by atoms with Crippen LogP contribution >= 0.6 is 33.7 Å². The molecule has 22 heavy (non-hydrogen) atoms. The van der Waals surface area contributed by atoms with E-state index < -0.39 is 20.3 Å². The summed E-state index contributed by atoms with van der Waals surface area (Å²) in [6, 6.07) is 6.95. The van der Waals surface area contributed by atoms with E-state index >= 15 is 0 Å². The number of carboxylic acids is 1. The molecule has 2 rings (SSSR count). The molecule has 2 aromatic rings. The molecule has 1 aromatic carbocycles. The number of rotatable bonds is 6. The zero-order valence-electron chi connectivity index (χ0n) is 11.2. The first kappa shape index (κ1) is 17.1. The highest BCUT2D eigenvalue weighted by Gasteiger charge is 2.23. The summed E-state index contributed by atoms with van der Waals surface area (Å²) in [5.74, 6) is -1.29. The van der Waals surface area contributed by atoms with Gasteiger partial charge in [0.1, 0.15) is 5.00 Å². The molecule has 2 N–H and O–H groups in total. The predicted molar refractivity (Wildman–Crippen MR) is 89.1 cm³/mol. The third kappa shape index (κ3) is 4.13. The Morgan fingerprint density at radius 1 is 1.45 bits per heavy atom. The monoisotopic (exact) mass is 378 g/mol. The Labute approximate surface area is 140 Å². The van der Waals surface area contributed by atoms with E-state index in [0.29, 0.717) is 21.4 Å². The van der Waals surface area contributed by atoms with Crippen molar-refractivity contribution in [1.82, 2.24) is 4.98 Å². The second-order valence-corrected chi connectivity index (χ2v) is 9.32. The molecule has 0 saturated carbocycles. The number of hydrogen-bond donors (Lipinski definition) is 2. The third-order valence-electron chi connectivity index (χ3n) is 2.60. The topological polar surface area (TPSA) is 96.4 Å². The summed E-state index contributed by atoms with van der Waals surface area (Å²) < 4.78 is 26.6. The lowest BCUT2D eigenvalue weighted by Gasteiger charge is -2.13. The molecule has 118 valence electrons. The van der Waals surface area contributed by atoms with E-state index in [1.54, 1.807) is 31.2 Å². The number of nitrogens with zero attached hydrogens (tertiary/aromatic N) is 1. The van der Waals surface area contributed by atoms with Crippen LogP contribution in [0.4, 0.5) is 5.00 Å². The molecule has 0 spiro atoms. The predicted octanol–water partition coefficient (Wildman–Crippen LogP) is 3.65. The fourth-order valence-electron chi connectivity index (χ4n) is 1.66. The van der Waals surface area contributed by atoms with E-state index in [4.69, 9.17) is 16.7 Å². The van der Waals surface area contributed by atoms with Gasteiger partial charge in [0, 0.05) is 10.3 Å². The maximum absolute atomic E-state index is 12.2. The van der Waals surface area contributed by atoms with E-state index in [1.807, 2.05) is 0 Å². The van der Waals surface area contributed by atoms with Crippen LogP contribution in [0.3, 0.4) is 0 Å². The van der Waals surface area contributed by atoms with Crippen molar-refractivity contribution in [2.24, 2.45) is 0 Å². The average molecular weight is 379 g/mol. The molecule has 1 unspecified atom stereocenters. The second kappa shape index (κ2) is 6.86. The van der Waals surface area contributed by atoms with Crippen molar-refractivity contribution in [2.75, 3.05) is 4.72 Å². The molecule has 0 saturated heterocycles. The molecule has 0 aliphatic carbocycles. The van der Waals surface area contributed by atoms with Crippen LogP contribution in [0.2, 0.25) is 5.02 Å². The Morgan fingerprint density at radius 2 is 2.14 bits per heavy atom. The minimum atomic E-state index is -3.81. The van der Waals surface area contributed by atoms with E-state index in [9.17, 15) is 13.2 Å². The lowest BCUT2D eigenvalue weighted by molar-refractivity contribution is 0.0692. The number of aromatic nitrogens is 1. The van der Waals surface area contributed by atoms with Gasteiger partial charge in [-0.15, -0.1) is 11.3 Å². The molecule has 0 aliphatic heterocycles. The first-order valence-corrected chi connectivity index (χ1v) is 10.1. The number of halogens is 1. The Hall–Kier alpha value is -1.29. The van der Waals surface area contributed by atoms with Crippen molar-refractivity contribution in [3.05, 3.63) is 46.1 Å². The van der Waals surface area contributed by atoms with Crippen molar-refractivity contribution < 1.29 is 18.3 Å². The van der Waals surface area contributed by atoms with E-state index in [2.05, 4.69) is 9.71 Å². The van der Waals surface area contributed by atoms with Crippen LogP contribution < -0.4 is 4.72 Å². The molecule has 0 aliphatic rings. The highest BCUT2D eigenvalue weighted by Crippen LogP contribution is 2.37. The van der Waals surface area contributed by atoms with Gasteiger partial charge in [-0.2, -0.15) is 8.42 Å². The number of nitrogens with one attached hydrogen (secondary N) is 1. The molecule has 1 atom stereocenters. The average Bonchev–Trinajstić information content (AvgIpc) is 2.85. The van der Waals surface area contributed by atoms with Gasteiger partial charge in [0.15, 0.2) is 5.69 Å². The molecule has 6 nitrogen and oxygen atoms in total. The zero-order valence-corrected chi connectivity index (χ0v) is 14.4. The molecular weight excluding hydrogens is 368 g/mol. The molecule has 1 heterocycles. The fraction of sp³-hybridized carbons (Fsp3) is 0.167. The number of anilines is 1. The lowest BCUT2D eigenvalue weighted by atomic mass is 10.2. The quantitative estimate of drug-likeness (QED) is 0.745. The first-order chi connectivity index (χ1) is 10.3. The van der Waals surface area contributed by atoms with Crippen LogP contribution in [0.25, 0.3) is 0 Å². The van der Waals surface area contributed by atoms with Crippen LogP contribution in [-0.2, 0) is 9.06 Å². The van der Waals surface area contributed by atoms with Crippen molar-refractivity contribution in [3.63, 3.8) is 0 Å². The van der Waals surface area contributed by atoms with E-state index in [-0.39, 0.29) is 10.7 Å². The van der Waals surface area contributed by atoms with Gasteiger partial charge in [-0.1, -0.05) is 29.8 Å². The lowest BCUT2D eigenvalue weighted by Crippen LogP contribution is -2.11. The second-order valence-electron chi connectivity index (χ2n) is 4.15. The molecule has 0 fully saturated rings. The van der Waals surface area contributed by atoms with Crippen molar-refractivity contribution in [1.29, 1.82) is 0 Å². The number of aromatic carboxylic acids is 1. The SMILES string of the molecule is CC(SS(=O)(=O)Nc1scnc1C(=O)O)c1ccccc1Cl. The first-order valence-electron chi connectivity index (χ1n) is 5.92. The minimum absolute atomic E-state index is 0.0219. The van der Waals surface area contributed by atoms with Gasteiger partial charge in [-0.3, -0.25) is 4.72 Å². The standard InChI is InChI=1S/C12H11ClN2O4S3/c1-7(8-4-2-3-5-9(8)13)21-22(18,19)15-11-10(12(16)17)14-6-20-11/h2-7,15H,1H3,(H,16,17). The van der Waals surface area contributed by atoms with Crippen molar-refractivity contribution in [3.8, 4) is 0 Å². The Kier molecular flexibility index (Phi) is 5.32. The Bertz CT molecular complexity index is 791. The highest BCUT2D eigenvalue weighted by molar-refractivity contribution is 8.72. The van der Waals surface area contributed by atoms with Gasteiger partial charge >= 0.3 is 5.97 Å². The highest BCUT2D eigenvalue weighted by atomic mass is 35.5. The summed E-state index contributed by atoms with van der Waals surface area (Å²) in [4.78, 5) is 14.6. The maximum atomic E-state index is 12.2. The van der Waals surface area contributed by atoms with Gasteiger partial charge in [0.25, 0.3) is 9.06 Å². The molecule has 0 amide bonds. The Morgan fingerprint density at radius 3 is 2.77 bits per heavy atom. The van der Waals surface area contributed by atoms with Crippen LogP contribution in [0.5, 0.6) is 0 Å². The normalized spacial score (nSPS) is 12.8. The molecule has 0 radical (unpaired) electrons. The summed E-state index contributed by atoms with van der Waals surface area (Å²) in [6.45, 7) is 1.70. The van der Waals surface area contributed by atoms with Gasteiger partial charge in [-0.25, -0.2) is 9.78 Å². The Balaban J connectivity index is 2.16. The largest absolute Gasteiger partial charge is 0.476 e. The molecule has 0 bridgehead atoms. The van der Waals surface area contributed by atoms with Gasteiger partial charge in [0.05, 0.1) is 5.51 Å². The van der Waals surface area contributed by atoms with E-state index in [1.165, 1.54) is 5.51 Å². The fourth-order valence-corrected chi connectivity index (χ4v) is 6.12. The maximum Gasteiger partial charge on any atom is 0.357 e. The minimum Gasteiger partial charge on any atom is -0.476 e. The molecular formula is C12H11ClN2O4S3. The van der Waals surface area contributed by atoms with Crippen LogP contribution in [0.1, 0.15) is 28.2 Å². The van der Waals surface area contributed by atoms with Crippen molar-refractivity contribution in [2.45, 2.75) is 12.2 Å². The summed E-state index contributed by atoms with van der Waals surface area (Å²) in [6.07, 6.45) is 0. The number of thiazole rings is 1. The summed E-state index contributed by atoms with van der Waals surface area (Å²) >= 11 is 6.95. The van der Waals surface area contributed by atoms with Crippen molar-refractivity contribution >= 4 is 53.8 Å². The van der Waals surface area contributed by atoms with Gasteiger partial charge in [-0.05, 0) is 29.3 Å². The number of carboxylic acid groups (broad SMARTS) is 1. The number of carbonyl (C=O) groups is 1. The number of benzene rings is 1. The summed E-state index contributed by atoms with van der Waals surface area (Å²) in [7, 11) is -3.16. The van der Waals surface area contributed by atoms with Gasteiger partial charge < -0.3 is 5.11 Å².